The summed E-state index contributed by atoms with van der Waals surface area (Å²) in [5.41, 5.74) is 13.8. The summed E-state index contributed by atoms with van der Waals surface area (Å²) in [7, 11) is 0. The Kier molecular flexibility index (Phi) is 5.78. The van der Waals surface area contributed by atoms with Crippen LogP contribution in [-0.2, 0) is 0 Å². The first-order valence-corrected chi connectivity index (χ1v) is 9.06. The Morgan fingerprint density at radius 1 is 1.11 bits per heavy atom. The van der Waals surface area contributed by atoms with Gasteiger partial charge in [0.2, 0.25) is 0 Å². The van der Waals surface area contributed by atoms with Crippen LogP contribution < -0.4 is 21.9 Å². The van der Waals surface area contributed by atoms with E-state index in [0.29, 0.717) is 16.4 Å². The molecule has 0 unspecified atom stereocenters. The van der Waals surface area contributed by atoms with Gasteiger partial charge in [-0.15, -0.1) is 0 Å². The van der Waals surface area contributed by atoms with E-state index >= 15 is 0 Å². The fourth-order valence-corrected chi connectivity index (χ4v) is 2.64. The number of carbonyl (C=O) groups is 1. The molecular weight excluding hydrogens is 432 g/mol. The van der Waals surface area contributed by atoms with Crippen molar-refractivity contribution in [1.82, 2.24) is 15.4 Å². The fourth-order valence-electron chi connectivity index (χ4n) is 2.19. The van der Waals surface area contributed by atoms with Gasteiger partial charge in [0.05, 0.1) is 0 Å². The number of nitrogens with zero attached hydrogens (tertiary/aromatic N) is 2. The van der Waals surface area contributed by atoms with Crippen LogP contribution >= 0.6 is 27.5 Å². The van der Waals surface area contributed by atoms with E-state index in [1.165, 1.54) is 6.33 Å². The van der Waals surface area contributed by atoms with Gasteiger partial charge in [-0.25, -0.2) is 9.97 Å². The second-order valence-corrected chi connectivity index (χ2v) is 6.98. The topological polar surface area (TPSA) is 105 Å². The normalized spacial score (nSPS) is 10.3. The summed E-state index contributed by atoms with van der Waals surface area (Å²) in [6, 6.07) is 12.5. The van der Waals surface area contributed by atoms with Crippen LogP contribution in [0.3, 0.4) is 0 Å². The summed E-state index contributed by atoms with van der Waals surface area (Å²) < 4.78 is 0.888. The molecule has 1 amide bonds. The Labute approximate surface area is 169 Å². The minimum Gasteiger partial charge on any atom is -0.393 e. The highest BCUT2D eigenvalue weighted by molar-refractivity contribution is 9.10. The number of benzene rings is 2. The smallest absolute Gasteiger partial charge is 0.269 e. The van der Waals surface area contributed by atoms with E-state index in [0.717, 1.165) is 15.7 Å². The van der Waals surface area contributed by atoms with Gasteiger partial charge in [0, 0.05) is 20.7 Å². The van der Waals surface area contributed by atoms with Crippen LogP contribution in [0.4, 0.5) is 23.0 Å². The second kappa shape index (κ2) is 8.24. The van der Waals surface area contributed by atoms with E-state index < -0.39 is 0 Å². The van der Waals surface area contributed by atoms with Crippen molar-refractivity contribution < 1.29 is 4.79 Å². The Bertz CT molecular complexity index is 980. The van der Waals surface area contributed by atoms with Crippen molar-refractivity contribution in [1.29, 1.82) is 0 Å². The minimum atomic E-state index is -0.319. The third-order valence-electron chi connectivity index (χ3n) is 3.72. The van der Waals surface area contributed by atoms with E-state index in [-0.39, 0.29) is 17.4 Å². The number of aryl methyl sites for hydroxylation is 1. The maximum atomic E-state index is 12.2. The first-order chi connectivity index (χ1) is 12.9. The van der Waals surface area contributed by atoms with E-state index in [9.17, 15) is 4.79 Å². The molecule has 0 fully saturated rings. The van der Waals surface area contributed by atoms with Gasteiger partial charge in [0.1, 0.15) is 12.0 Å². The highest BCUT2D eigenvalue weighted by Crippen LogP contribution is 2.27. The van der Waals surface area contributed by atoms with Crippen LogP contribution in [0.2, 0.25) is 5.02 Å². The van der Waals surface area contributed by atoms with Gasteiger partial charge >= 0.3 is 0 Å². The molecule has 0 aliphatic heterocycles. The molecule has 1 aromatic heterocycles. The number of halogens is 2. The van der Waals surface area contributed by atoms with Crippen LogP contribution in [0.1, 0.15) is 15.9 Å². The van der Waals surface area contributed by atoms with Crippen molar-refractivity contribution in [2.24, 2.45) is 0 Å². The fraction of sp³-hybridized carbons (Fsp3) is 0.0556. The molecule has 0 bridgehead atoms. The van der Waals surface area contributed by atoms with Gasteiger partial charge in [0.15, 0.2) is 11.6 Å². The molecule has 0 saturated carbocycles. The molecule has 9 heteroatoms. The molecule has 3 rings (SSSR count). The first kappa shape index (κ1) is 18.9. The van der Waals surface area contributed by atoms with Crippen molar-refractivity contribution in [3.63, 3.8) is 0 Å². The standard InChI is InChI=1S/C18H16BrClN6O/c1-10-2-7-13(8-14(10)20)24-16-15(21)17(23-9-22-16)25-26-18(27)11-3-5-12(19)6-4-11/h2-9H,21H2,1H3,(H,26,27)(H2,22,23,24,25). The molecule has 0 atom stereocenters. The number of carbonyl (C=O) groups excluding carboxylic acids is 1. The zero-order chi connectivity index (χ0) is 19.4. The second-order valence-electron chi connectivity index (χ2n) is 5.66. The lowest BCUT2D eigenvalue weighted by molar-refractivity contribution is 0.0962. The van der Waals surface area contributed by atoms with Crippen LogP contribution in [0, 0.1) is 6.92 Å². The molecule has 138 valence electrons. The number of hydrazine groups is 1. The van der Waals surface area contributed by atoms with Gasteiger partial charge in [0.25, 0.3) is 5.91 Å². The lowest BCUT2D eigenvalue weighted by Gasteiger charge is -2.13. The van der Waals surface area contributed by atoms with E-state index in [1.54, 1.807) is 30.3 Å². The Balaban J connectivity index is 1.71. The number of amides is 1. The van der Waals surface area contributed by atoms with Crippen LogP contribution in [0.25, 0.3) is 0 Å². The third-order valence-corrected chi connectivity index (χ3v) is 4.66. The number of rotatable bonds is 5. The van der Waals surface area contributed by atoms with Crippen LogP contribution in [0.15, 0.2) is 53.3 Å². The van der Waals surface area contributed by atoms with E-state index in [1.807, 2.05) is 19.1 Å². The summed E-state index contributed by atoms with van der Waals surface area (Å²) >= 11 is 9.46. The Morgan fingerprint density at radius 3 is 2.52 bits per heavy atom. The van der Waals surface area contributed by atoms with Crippen LogP contribution in [-0.4, -0.2) is 15.9 Å². The van der Waals surface area contributed by atoms with E-state index in [2.05, 4.69) is 42.1 Å². The molecule has 3 aromatic rings. The van der Waals surface area contributed by atoms with Gasteiger partial charge < -0.3 is 11.1 Å². The number of anilines is 4. The summed E-state index contributed by atoms with van der Waals surface area (Å²) in [6.07, 6.45) is 1.34. The van der Waals surface area contributed by atoms with Crippen molar-refractivity contribution in [3.05, 3.63) is 69.4 Å². The molecule has 0 radical (unpaired) electrons. The Hall–Kier alpha value is -2.84. The van der Waals surface area contributed by atoms with Crippen LogP contribution in [0.5, 0.6) is 0 Å². The largest absolute Gasteiger partial charge is 0.393 e. The predicted molar refractivity (Wildman–Crippen MR) is 111 cm³/mol. The highest BCUT2D eigenvalue weighted by Gasteiger charge is 2.11. The molecule has 5 N–H and O–H groups in total. The number of hydrogen-bond acceptors (Lipinski definition) is 6. The Morgan fingerprint density at radius 2 is 1.81 bits per heavy atom. The first-order valence-electron chi connectivity index (χ1n) is 7.89. The average molecular weight is 448 g/mol. The molecule has 27 heavy (non-hydrogen) atoms. The van der Waals surface area contributed by atoms with Crippen molar-refractivity contribution in [2.45, 2.75) is 6.92 Å². The number of aromatic nitrogens is 2. The summed E-state index contributed by atoms with van der Waals surface area (Å²) in [4.78, 5) is 20.4. The molecule has 0 spiro atoms. The SMILES string of the molecule is Cc1ccc(Nc2ncnc(NNC(=O)c3ccc(Br)cc3)c2N)cc1Cl. The van der Waals surface area contributed by atoms with Crippen molar-refractivity contribution in [3.8, 4) is 0 Å². The zero-order valence-corrected chi connectivity index (χ0v) is 16.6. The van der Waals surface area contributed by atoms with Gasteiger partial charge in [-0.1, -0.05) is 33.6 Å². The molecule has 2 aromatic carbocycles. The summed E-state index contributed by atoms with van der Waals surface area (Å²) in [5.74, 6) is 0.349. The number of nitrogens with one attached hydrogen (secondary N) is 3. The van der Waals surface area contributed by atoms with E-state index in [4.69, 9.17) is 17.3 Å². The van der Waals surface area contributed by atoms with Gasteiger partial charge in [-0.3, -0.25) is 15.6 Å². The van der Waals surface area contributed by atoms with Gasteiger partial charge in [-0.2, -0.15) is 0 Å². The monoisotopic (exact) mass is 446 g/mol. The van der Waals surface area contributed by atoms with Gasteiger partial charge in [-0.05, 0) is 48.9 Å². The predicted octanol–water partition coefficient (Wildman–Crippen LogP) is 4.28. The third kappa shape index (κ3) is 4.66. The molecule has 1 heterocycles. The molecule has 7 nitrogen and oxygen atoms in total. The number of nitrogens with two attached hydrogens (primary N) is 1. The number of hydrogen-bond donors (Lipinski definition) is 4. The average Bonchev–Trinajstić information content (AvgIpc) is 2.66. The molecule has 0 aliphatic rings. The molecule has 0 saturated heterocycles. The minimum absolute atomic E-state index is 0.255. The quantitative estimate of drug-likeness (QED) is 0.435. The maximum absolute atomic E-state index is 12.2. The summed E-state index contributed by atoms with van der Waals surface area (Å²) in [6.45, 7) is 1.92. The lowest BCUT2D eigenvalue weighted by atomic mass is 10.2. The number of nitrogen functional groups attached to an aromatic ring is 1. The summed E-state index contributed by atoms with van der Waals surface area (Å²) in [5, 5.41) is 3.72. The lowest BCUT2D eigenvalue weighted by Crippen LogP contribution is -2.30. The highest BCUT2D eigenvalue weighted by atomic mass is 79.9. The zero-order valence-electron chi connectivity index (χ0n) is 14.3. The molecular formula is C18H16BrClN6O. The molecule has 0 aliphatic carbocycles. The maximum Gasteiger partial charge on any atom is 0.269 e. The van der Waals surface area contributed by atoms with Crippen molar-refractivity contribution >= 4 is 56.4 Å². The van der Waals surface area contributed by atoms with Crippen molar-refractivity contribution in [2.75, 3.05) is 16.5 Å².